The molecule has 27 heavy (non-hydrogen) atoms. The Hall–Kier alpha value is -1.84. The molecule has 4 bridgehead atoms. The van der Waals surface area contributed by atoms with Gasteiger partial charge in [0.2, 0.25) is 0 Å². The highest BCUT2D eigenvalue weighted by Crippen LogP contribution is 2.61. The van der Waals surface area contributed by atoms with E-state index in [-0.39, 0.29) is 29.9 Å². The lowest BCUT2D eigenvalue weighted by molar-refractivity contribution is -0.155. The number of esters is 1. The Bertz CT molecular complexity index is 735. The fourth-order valence-electron chi connectivity index (χ4n) is 7.02. The predicted octanol–water partition coefficient (Wildman–Crippen LogP) is 4.11. The van der Waals surface area contributed by atoms with Gasteiger partial charge in [0, 0.05) is 11.7 Å². The molecule has 0 saturated heterocycles. The molecule has 4 fully saturated rings. The van der Waals surface area contributed by atoms with Crippen molar-refractivity contribution in [1.29, 1.82) is 0 Å². The molecule has 0 spiro atoms. The van der Waals surface area contributed by atoms with Gasteiger partial charge in [0.25, 0.3) is 5.91 Å². The predicted molar refractivity (Wildman–Crippen MR) is 103 cm³/mol. The van der Waals surface area contributed by atoms with Crippen molar-refractivity contribution >= 4 is 17.6 Å². The van der Waals surface area contributed by atoms with E-state index in [1.807, 2.05) is 18.2 Å². The van der Waals surface area contributed by atoms with Crippen LogP contribution in [0.2, 0.25) is 0 Å². The molecule has 4 saturated carbocycles. The van der Waals surface area contributed by atoms with Crippen LogP contribution in [0.25, 0.3) is 0 Å². The summed E-state index contributed by atoms with van der Waals surface area (Å²) in [5.41, 5.74) is 2.33. The Kier molecular flexibility index (Phi) is 4.06. The Labute approximate surface area is 161 Å². The zero-order chi connectivity index (χ0) is 18.6. The van der Waals surface area contributed by atoms with Crippen molar-refractivity contribution in [1.82, 2.24) is 0 Å². The van der Waals surface area contributed by atoms with E-state index < -0.39 is 0 Å². The minimum absolute atomic E-state index is 0.105. The van der Waals surface area contributed by atoms with Crippen molar-refractivity contribution in [2.75, 3.05) is 11.5 Å². The van der Waals surface area contributed by atoms with Crippen LogP contribution in [0.3, 0.4) is 0 Å². The second-order valence-electron chi connectivity index (χ2n) is 9.70. The summed E-state index contributed by atoms with van der Waals surface area (Å²) in [6, 6.07) is 8.13. The molecule has 144 valence electrons. The van der Waals surface area contributed by atoms with E-state index in [2.05, 4.69) is 13.0 Å². The third kappa shape index (κ3) is 3.07. The van der Waals surface area contributed by atoms with Crippen molar-refractivity contribution in [3.05, 3.63) is 29.8 Å². The smallest absolute Gasteiger partial charge is 0.306 e. The first kappa shape index (κ1) is 17.3. The average molecular weight is 367 g/mol. The molecular formula is C23H29NO3. The molecular weight excluding hydrogens is 338 g/mol. The number of anilines is 1. The largest absolute Gasteiger partial charge is 0.456 e. The normalized spacial score (nSPS) is 36.0. The highest BCUT2D eigenvalue weighted by molar-refractivity contribution is 5.97. The number of nitrogens with zero attached hydrogens (tertiary/aromatic N) is 1. The first-order valence-corrected chi connectivity index (χ1v) is 10.6. The lowest BCUT2D eigenvalue weighted by Gasteiger charge is -2.56. The average Bonchev–Trinajstić information content (AvgIpc) is 2.94. The van der Waals surface area contributed by atoms with Crippen molar-refractivity contribution < 1.29 is 14.3 Å². The fourth-order valence-corrected chi connectivity index (χ4v) is 7.02. The molecule has 0 N–H and O–H groups in total. The summed E-state index contributed by atoms with van der Waals surface area (Å²) in [7, 11) is 0. The number of carbonyl (C=O) groups is 2. The molecule has 1 aromatic carbocycles. The number of fused-ring (bicyclic) bond motifs is 1. The Morgan fingerprint density at radius 2 is 1.70 bits per heavy atom. The SMILES string of the molecule is C[C@H]1Cc2ccccc2N1C(=O)COC(=O)CC12CC3CC(CC(C3)C1)C2. The third-order valence-corrected chi connectivity index (χ3v) is 7.52. The van der Waals surface area contributed by atoms with E-state index in [0.717, 1.165) is 29.9 Å². The first-order valence-electron chi connectivity index (χ1n) is 10.6. The van der Waals surface area contributed by atoms with Gasteiger partial charge in [-0.15, -0.1) is 0 Å². The summed E-state index contributed by atoms with van der Waals surface area (Å²) in [5, 5.41) is 0. The number of carbonyl (C=O) groups excluding carboxylic acids is 2. The second-order valence-corrected chi connectivity index (χ2v) is 9.70. The van der Waals surface area contributed by atoms with Crippen molar-refractivity contribution in [3.63, 3.8) is 0 Å². The number of hydrogen-bond donors (Lipinski definition) is 0. The zero-order valence-electron chi connectivity index (χ0n) is 16.2. The molecule has 1 aromatic rings. The van der Waals surface area contributed by atoms with Crippen molar-refractivity contribution in [3.8, 4) is 0 Å². The maximum atomic E-state index is 12.7. The fraction of sp³-hybridized carbons (Fsp3) is 0.652. The van der Waals surface area contributed by atoms with Gasteiger partial charge in [0.15, 0.2) is 6.61 Å². The van der Waals surface area contributed by atoms with Gasteiger partial charge in [-0.1, -0.05) is 18.2 Å². The van der Waals surface area contributed by atoms with E-state index in [1.165, 1.54) is 44.1 Å². The van der Waals surface area contributed by atoms with E-state index in [9.17, 15) is 9.59 Å². The standard InChI is InChI=1S/C23H29NO3/c1-15-6-19-4-2-3-5-20(19)24(15)21(25)14-27-22(26)13-23-10-16-7-17(11-23)9-18(8-16)12-23/h2-5,15-18H,6-14H2,1H3/t15-,16?,17?,18?,23?/m0/s1. The molecule has 1 heterocycles. The molecule has 4 aliphatic carbocycles. The molecule has 0 radical (unpaired) electrons. The minimum atomic E-state index is -0.176. The maximum absolute atomic E-state index is 12.7. The lowest BCUT2D eigenvalue weighted by atomic mass is 9.49. The van der Waals surface area contributed by atoms with Crippen LogP contribution >= 0.6 is 0 Å². The van der Waals surface area contributed by atoms with E-state index in [0.29, 0.717) is 6.42 Å². The number of benzene rings is 1. The second kappa shape index (κ2) is 6.35. The molecule has 0 unspecified atom stereocenters. The lowest BCUT2D eigenvalue weighted by Crippen LogP contribution is -2.47. The first-order chi connectivity index (χ1) is 13.0. The zero-order valence-corrected chi connectivity index (χ0v) is 16.2. The van der Waals surface area contributed by atoms with Crippen LogP contribution in [0, 0.1) is 23.2 Å². The van der Waals surface area contributed by atoms with Gasteiger partial charge >= 0.3 is 5.97 Å². The maximum Gasteiger partial charge on any atom is 0.306 e. The van der Waals surface area contributed by atoms with Gasteiger partial charge in [0.05, 0.1) is 6.42 Å². The van der Waals surface area contributed by atoms with E-state index in [1.54, 1.807) is 4.90 Å². The summed E-state index contributed by atoms with van der Waals surface area (Å²) in [6.07, 6.45) is 9.08. The van der Waals surface area contributed by atoms with Gasteiger partial charge in [-0.05, 0) is 86.7 Å². The molecule has 1 atom stereocenters. The topological polar surface area (TPSA) is 46.6 Å². The summed E-state index contributed by atoms with van der Waals surface area (Å²) in [4.78, 5) is 27.1. The van der Waals surface area contributed by atoms with E-state index in [4.69, 9.17) is 4.74 Å². The molecule has 5 aliphatic rings. The Morgan fingerprint density at radius 1 is 1.07 bits per heavy atom. The molecule has 1 aliphatic heterocycles. The quantitative estimate of drug-likeness (QED) is 0.752. The van der Waals surface area contributed by atoms with Crippen LogP contribution in [0.1, 0.15) is 57.4 Å². The highest BCUT2D eigenvalue weighted by atomic mass is 16.5. The van der Waals surface area contributed by atoms with Crippen LogP contribution in [0.15, 0.2) is 24.3 Å². The van der Waals surface area contributed by atoms with Crippen LogP contribution in [0.5, 0.6) is 0 Å². The molecule has 6 rings (SSSR count). The summed E-state index contributed by atoms with van der Waals surface area (Å²) in [5.74, 6) is 2.20. The molecule has 0 aromatic heterocycles. The third-order valence-electron chi connectivity index (χ3n) is 7.52. The van der Waals surface area contributed by atoms with Gasteiger partial charge in [-0.2, -0.15) is 0 Å². The summed E-state index contributed by atoms with van der Waals surface area (Å²) in [6.45, 7) is 1.92. The molecule has 4 heteroatoms. The number of amides is 1. The minimum Gasteiger partial charge on any atom is -0.456 e. The van der Waals surface area contributed by atoms with Crippen LogP contribution < -0.4 is 4.90 Å². The monoisotopic (exact) mass is 367 g/mol. The van der Waals surface area contributed by atoms with Crippen LogP contribution in [-0.2, 0) is 20.7 Å². The van der Waals surface area contributed by atoms with Gasteiger partial charge in [0.1, 0.15) is 0 Å². The van der Waals surface area contributed by atoms with Gasteiger partial charge in [-0.25, -0.2) is 0 Å². The highest BCUT2D eigenvalue weighted by Gasteiger charge is 2.51. The molecule has 4 nitrogen and oxygen atoms in total. The van der Waals surface area contributed by atoms with E-state index >= 15 is 0 Å². The summed E-state index contributed by atoms with van der Waals surface area (Å²) < 4.78 is 5.49. The Morgan fingerprint density at radius 3 is 2.37 bits per heavy atom. The molecule has 1 amide bonds. The number of rotatable bonds is 4. The number of hydrogen-bond acceptors (Lipinski definition) is 3. The number of ether oxygens (including phenoxy) is 1. The Balaban J connectivity index is 1.20. The van der Waals surface area contributed by atoms with Crippen molar-refractivity contribution in [2.45, 2.75) is 64.3 Å². The van der Waals surface area contributed by atoms with Crippen LogP contribution in [0.4, 0.5) is 5.69 Å². The number of para-hydroxylation sites is 1. The summed E-state index contributed by atoms with van der Waals surface area (Å²) >= 11 is 0. The van der Waals surface area contributed by atoms with Gasteiger partial charge in [-0.3, -0.25) is 9.59 Å². The van der Waals surface area contributed by atoms with Crippen LogP contribution in [-0.4, -0.2) is 24.5 Å². The van der Waals surface area contributed by atoms with Crippen molar-refractivity contribution in [2.24, 2.45) is 23.2 Å². The van der Waals surface area contributed by atoms with Gasteiger partial charge < -0.3 is 9.64 Å².